The number of benzene rings is 2. The van der Waals surface area contributed by atoms with E-state index >= 15 is 0 Å². The number of esters is 1. The molecule has 2 aromatic rings. The molecule has 0 fully saturated rings. The summed E-state index contributed by atoms with van der Waals surface area (Å²) in [6, 6.07) is 15.4. The van der Waals surface area contributed by atoms with Gasteiger partial charge in [-0.3, -0.25) is 0 Å². The van der Waals surface area contributed by atoms with Gasteiger partial charge in [0.2, 0.25) is 0 Å². The van der Waals surface area contributed by atoms with E-state index in [0.717, 1.165) is 5.56 Å². The van der Waals surface area contributed by atoms with Crippen LogP contribution in [-0.2, 0) is 9.53 Å². The first-order valence-corrected chi connectivity index (χ1v) is 6.34. The van der Waals surface area contributed by atoms with Crippen LogP contribution in [0.15, 0.2) is 48.5 Å². The van der Waals surface area contributed by atoms with Crippen LogP contribution in [0.3, 0.4) is 0 Å². The lowest BCUT2D eigenvalue weighted by Gasteiger charge is -2.19. The van der Waals surface area contributed by atoms with E-state index in [1.807, 2.05) is 36.4 Å². The van der Waals surface area contributed by atoms with Gasteiger partial charge >= 0.3 is 5.97 Å². The van der Waals surface area contributed by atoms with Crippen molar-refractivity contribution in [3.05, 3.63) is 59.7 Å². The van der Waals surface area contributed by atoms with Crippen molar-refractivity contribution >= 4 is 17.3 Å². The van der Waals surface area contributed by atoms with Gasteiger partial charge < -0.3 is 15.8 Å². The first kappa shape index (κ1) is 14.4. The molecular formula is C16H15N3O2. The summed E-state index contributed by atoms with van der Waals surface area (Å²) < 4.78 is 4.83. The fourth-order valence-corrected chi connectivity index (χ4v) is 1.96. The van der Waals surface area contributed by atoms with Crippen LogP contribution in [0.5, 0.6) is 0 Å². The third kappa shape index (κ3) is 3.31. The van der Waals surface area contributed by atoms with Gasteiger partial charge in [-0.1, -0.05) is 30.3 Å². The monoisotopic (exact) mass is 281 g/mol. The predicted molar refractivity (Wildman–Crippen MR) is 80.4 cm³/mol. The molecule has 5 heteroatoms. The van der Waals surface area contributed by atoms with Crippen LogP contribution in [0, 0.1) is 11.3 Å². The van der Waals surface area contributed by atoms with Gasteiger partial charge in [0.1, 0.15) is 0 Å². The molecule has 0 aromatic heterocycles. The number of carbonyl (C=O) groups excluding carboxylic acids is 1. The first-order chi connectivity index (χ1) is 10.2. The molecule has 21 heavy (non-hydrogen) atoms. The number of nitrogen functional groups attached to an aromatic ring is 1. The average Bonchev–Trinajstić information content (AvgIpc) is 2.53. The highest BCUT2D eigenvalue weighted by molar-refractivity contribution is 5.83. The Balaban J connectivity index is 2.32. The van der Waals surface area contributed by atoms with Crippen LogP contribution in [0.1, 0.15) is 17.2 Å². The van der Waals surface area contributed by atoms with Crippen molar-refractivity contribution in [2.24, 2.45) is 0 Å². The molecule has 0 heterocycles. The molecule has 0 amide bonds. The van der Waals surface area contributed by atoms with Gasteiger partial charge in [-0.25, -0.2) is 4.79 Å². The van der Waals surface area contributed by atoms with Crippen LogP contribution in [-0.4, -0.2) is 13.1 Å². The van der Waals surface area contributed by atoms with Crippen LogP contribution < -0.4 is 11.1 Å². The van der Waals surface area contributed by atoms with E-state index in [2.05, 4.69) is 5.32 Å². The maximum atomic E-state index is 12.0. The first-order valence-electron chi connectivity index (χ1n) is 6.34. The van der Waals surface area contributed by atoms with Crippen molar-refractivity contribution in [3.63, 3.8) is 0 Å². The SMILES string of the molecule is COC(=O)C(Nc1ccc(C#N)cc1N)c1ccccc1. The fraction of sp³-hybridized carbons (Fsp3) is 0.125. The van der Waals surface area contributed by atoms with Gasteiger partial charge in [0, 0.05) is 0 Å². The number of anilines is 2. The van der Waals surface area contributed by atoms with Gasteiger partial charge in [-0.05, 0) is 23.8 Å². The highest BCUT2D eigenvalue weighted by atomic mass is 16.5. The maximum Gasteiger partial charge on any atom is 0.332 e. The Bertz CT molecular complexity index is 678. The highest BCUT2D eigenvalue weighted by Crippen LogP contribution is 2.26. The molecule has 5 nitrogen and oxygen atoms in total. The lowest BCUT2D eigenvalue weighted by Crippen LogP contribution is -2.22. The van der Waals surface area contributed by atoms with Crippen LogP contribution in [0.2, 0.25) is 0 Å². The minimum atomic E-state index is -0.661. The molecular weight excluding hydrogens is 266 g/mol. The lowest BCUT2D eigenvalue weighted by molar-refractivity contribution is -0.141. The molecule has 0 spiro atoms. The maximum absolute atomic E-state index is 12.0. The Morgan fingerprint density at radius 1 is 1.29 bits per heavy atom. The number of rotatable bonds is 4. The number of hydrogen-bond donors (Lipinski definition) is 2. The topological polar surface area (TPSA) is 88.1 Å². The minimum Gasteiger partial charge on any atom is -0.467 e. The number of nitriles is 1. The van der Waals surface area contributed by atoms with Crippen molar-refractivity contribution in [3.8, 4) is 6.07 Å². The Hall–Kier alpha value is -3.00. The molecule has 1 atom stereocenters. The van der Waals surface area contributed by atoms with Crippen molar-refractivity contribution in [1.29, 1.82) is 5.26 Å². The summed E-state index contributed by atoms with van der Waals surface area (Å²) >= 11 is 0. The zero-order valence-corrected chi connectivity index (χ0v) is 11.5. The second-order valence-electron chi connectivity index (χ2n) is 4.43. The smallest absolute Gasteiger partial charge is 0.332 e. The van der Waals surface area contributed by atoms with E-state index < -0.39 is 12.0 Å². The molecule has 1 unspecified atom stereocenters. The Labute approximate surface area is 123 Å². The lowest BCUT2D eigenvalue weighted by atomic mass is 10.1. The van der Waals surface area contributed by atoms with Crippen molar-refractivity contribution in [2.75, 3.05) is 18.2 Å². The molecule has 0 aliphatic carbocycles. The summed E-state index contributed by atoms with van der Waals surface area (Å²) in [6.45, 7) is 0. The van der Waals surface area contributed by atoms with Gasteiger partial charge in [-0.2, -0.15) is 5.26 Å². The van der Waals surface area contributed by atoms with E-state index in [9.17, 15) is 4.79 Å². The predicted octanol–water partition coefficient (Wildman–Crippen LogP) is 2.47. The van der Waals surface area contributed by atoms with Gasteiger partial charge in [0.25, 0.3) is 0 Å². The summed E-state index contributed by atoms with van der Waals surface area (Å²) in [4.78, 5) is 12.0. The molecule has 0 saturated carbocycles. The number of nitrogens with two attached hydrogens (primary N) is 1. The molecule has 2 rings (SSSR count). The number of carbonyl (C=O) groups is 1. The molecule has 2 aromatic carbocycles. The molecule has 0 saturated heterocycles. The summed E-state index contributed by atoms with van der Waals surface area (Å²) in [7, 11) is 1.34. The van der Waals surface area contributed by atoms with E-state index in [1.165, 1.54) is 7.11 Å². The van der Waals surface area contributed by atoms with Gasteiger partial charge in [-0.15, -0.1) is 0 Å². The molecule has 3 N–H and O–H groups in total. The molecule has 0 aliphatic rings. The van der Waals surface area contributed by atoms with Crippen molar-refractivity contribution < 1.29 is 9.53 Å². The van der Waals surface area contributed by atoms with Crippen molar-refractivity contribution in [1.82, 2.24) is 0 Å². The fourth-order valence-electron chi connectivity index (χ4n) is 1.96. The molecule has 106 valence electrons. The number of hydrogen-bond acceptors (Lipinski definition) is 5. The molecule has 0 radical (unpaired) electrons. The Morgan fingerprint density at radius 2 is 2.00 bits per heavy atom. The average molecular weight is 281 g/mol. The largest absolute Gasteiger partial charge is 0.467 e. The van der Waals surface area contributed by atoms with E-state index in [1.54, 1.807) is 18.2 Å². The van der Waals surface area contributed by atoms with E-state index in [4.69, 9.17) is 15.7 Å². The zero-order chi connectivity index (χ0) is 15.2. The number of nitrogens with zero attached hydrogens (tertiary/aromatic N) is 1. The molecule has 0 bridgehead atoms. The summed E-state index contributed by atoms with van der Waals surface area (Å²) in [5.41, 5.74) is 8.11. The Morgan fingerprint density at radius 3 is 2.57 bits per heavy atom. The third-order valence-electron chi connectivity index (χ3n) is 3.05. The molecule has 0 aliphatic heterocycles. The number of ether oxygens (including phenoxy) is 1. The van der Waals surface area contributed by atoms with E-state index in [-0.39, 0.29) is 0 Å². The minimum absolute atomic E-state index is 0.402. The van der Waals surface area contributed by atoms with E-state index in [0.29, 0.717) is 16.9 Å². The quantitative estimate of drug-likeness (QED) is 0.664. The van der Waals surface area contributed by atoms with Crippen LogP contribution in [0.25, 0.3) is 0 Å². The summed E-state index contributed by atoms with van der Waals surface area (Å²) in [5.74, 6) is -0.412. The van der Waals surface area contributed by atoms with Gasteiger partial charge in [0.15, 0.2) is 6.04 Å². The van der Waals surface area contributed by atoms with Gasteiger partial charge in [0.05, 0.1) is 30.1 Å². The zero-order valence-electron chi connectivity index (χ0n) is 11.5. The third-order valence-corrected chi connectivity index (χ3v) is 3.05. The number of nitrogens with one attached hydrogen (secondary N) is 1. The van der Waals surface area contributed by atoms with Crippen LogP contribution >= 0.6 is 0 Å². The number of methoxy groups -OCH3 is 1. The standard InChI is InChI=1S/C16H15N3O2/c1-21-16(20)15(12-5-3-2-4-6-12)19-14-8-7-11(10-17)9-13(14)18/h2-9,15,19H,18H2,1H3. The van der Waals surface area contributed by atoms with Crippen molar-refractivity contribution in [2.45, 2.75) is 6.04 Å². The Kier molecular flexibility index (Phi) is 4.42. The second kappa shape index (κ2) is 6.44. The van der Waals surface area contributed by atoms with Crippen LogP contribution in [0.4, 0.5) is 11.4 Å². The summed E-state index contributed by atoms with van der Waals surface area (Å²) in [5, 5.41) is 11.9. The normalized spacial score (nSPS) is 11.2. The highest BCUT2D eigenvalue weighted by Gasteiger charge is 2.21. The summed E-state index contributed by atoms with van der Waals surface area (Å²) in [6.07, 6.45) is 0. The second-order valence-corrected chi connectivity index (χ2v) is 4.43.